The molecule has 6 heteroatoms. The second-order valence-corrected chi connectivity index (χ2v) is 5.98. The molecule has 0 saturated heterocycles. The predicted octanol–water partition coefficient (Wildman–Crippen LogP) is 3.92. The van der Waals surface area contributed by atoms with E-state index < -0.39 is 0 Å². The van der Waals surface area contributed by atoms with Gasteiger partial charge in [-0.1, -0.05) is 17.7 Å². The van der Waals surface area contributed by atoms with Crippen molar-refractivity contribution in [2.45, 2.75) is 27.3 Å². The molecule has 5 nitrogen and oxygen atoms in total. The highest BCUT2D eigenvalue weighted by atomic mass is 35.5. The molecule has 0 bridgehead atoms. The van der Waals surface area contributed by atoms with Crippen LogP contribution in [0.3, 0.4) is 0 Å². The molecule has 2 heterocycles. The molecule has 0 unspecified atom stereocenters. The van der Waals surface area contributed by atoms with Crippen LogP contribution in [0.25, 0.3) is 10.9 Å². The van der Waals surface area contributed by atoms with E-state index in [9.17, 15) is 4.79 Å². The molecule has 0 aliphatic heterocycles. The molecule has 0 aliphatic carbocycles. The lowest BCUT2D eigenvalue weighted by Gasteiger charge is -2.07. The summed E-state index contributed by atoms with van der Waals surface area (Å²) in [7, 11) is 1.86. The van der Waals surface area contributed by atoms with Crippen LogP contribution in [0.4, 0.5) is 5.69 Å². The van der Waals surface area contributed by atoms with Gasteiger partial charge >= 0.3 is 0 Å². The Morgan fingerprint density at radius 1 is 1.35 bits per heavy atom. The quantitative estimate of drug-likeness (QED) is 0.791. The van der Waals surface area contributed by atoms with Gasteiger partial charge in [-0.05, 0) is 39.0 Å². The third-order valence-electron chi connectivity index (χ3n) is 4.19. The molecule has 0 spiro atoms. The summed E-state index contributed by atoms with van der Waals surface area (Å²) in [4.78, 5) is 12.7. The molecule has 1 aromatic carbocycles. The molecule has 3 aromatic rings. The van der Waals surface area contributed by atoms with Crippen molar-refractivity contribution in [3.63, 3.8) is 0 Å². The average Bonchev–Trinajstić information content (AvgIpc) is 3.00. The number of amides is 1. The lowest BCUT2D eigenvalue weighted by atomic mass is 10.2. The van der Waals surface area contributed by atoms with Crippen LogP contribution in [-0.2, 0) is 13.6 Å². The van der Waals surface area contributed by atoms with Crippen molar-refractivity contribution >= 4 is 34.1 Å². The maximum absolute atomic E-state index is 12.7. The minimum atomic E-state index is -0.165. The second kappa shape index (κ2) is 5.74. The van der Waals surface area contributed by atoms with Gasteiger partial charge in [-0.3, -0.25) is 9.48 Å². The number of carbonyl (C=O) groups excluding carboxylic acids is 1. The first-order valence-electron chi connectivity index (χ1n) is 7.53. The molecule has 0 saturated carbocycles. The molecule has 0 atom stereocenters. The van der Waals surface area contributed by atoms with Crippen LogP contribution in [-0.4, -0.2) is 20.3 Å². The summed E-state index contributed by atoms with van der Waals surface area (Å²) in [5.74, 6) is -0.165. The molecule has 3 rings (SSSR count). The van der Waals surface area contributed by atoms with Gasteiger partial charge in [-0.15, -0.1) is 0 Å². The first-order valence-corrected chi connectivity index (χ1v) is 7.91. The van der Waals surface area contributed by atoms with Gasteiger partial charge in [-0.2, -0.15) is 5.10 Å². The van der Waals surface area contributed by atoms with Gasteiger partial charge in [0, 0.05) is 29.5 Å². The molecule has 2 aromatic heterocycles. The van der Waals surface area contributed by atoms with E-state index in [2.05, 4.69) is 10.4 Å². The number of carbonyl (C=O) groups is 1. The van der Waals surface area contributed by atoms with Crippen LogP contribution in [0.15, 0.2) is 24.3 Å². The van der Waals surface area contributed by atoms with E-state index in [1.54, 1.807) is 0 Å². The molecule has 0 fully saturated rings. The van der Waals surface area contributed by atoms with Crippen LogP contribution in [0.2, 0.25) is 5.02 Å². The molecular weight excluding hydrogens is 312 g/mol. The molecule has 120 valence electrons. The van der Waals surface area contributed by atoms with Crippen LogP contribution in [0, 0.1) is 13.8 Å². The van der Waals surface area contributed by atoms with E-state index in [0.717, 1.165) is 34.5 Å². The Morgan fingerprint density at radius 2 is 2.09 bits per heavy atom. The highest BCUT2D eigenvalue weighted by Gasteiger charge is 2.18. The van der Waals surface area contributed by atoms with Crippen LogP contribution < -0.4 is 5.32 Å². The molecular formula is C17H19ClN4O. The van der Waals surface area contributed by atoms with Gasteiger partial charge in [0.2, 0.25) is 0 Å². The highest BCUT2D eigenvalue weighted by Crippen LogP contribution is 2.27. The van der Waals surface area contributed by atoms with E-state index in [1.165, 1.54) is 0 Å². The molecule has 1 N–H and O–H groups in total. The minimum absolute atomic E-state index is 0.165. The number of fused-ring (bicyclic) bond motifs is 1. The van der Waals surface area contributed by atoms with Gasteiger partial charge in [0.1, 0.15) is 5.69 Å². The van der Waals surface area contributed by atoms with E-state index in [1.807, 2.05) is 61.3 Å². The number of aromatic nitrogens is 3. The van der Waals surface area contributed by atoms with E-state index in [4.69, 9.17) is 11.6 Å². The summed E-state index contributed by atoms with van der Waals surface area (Å²) in [6.07, 6.45) is 0. The largest absolute Gasteiger partial charge is 0.340 e. The van der Waals surface area contributed by atoms with E-state index in [-0.39, 0.29) is 5.91 Å². The summed E-state index contributed by atoms with van der Waals surface area (Å²) >= 11 is 6.22. The standard InChI is InChI=1S/C17H19ClN4O/c1-5-22-11(3)16(10(2)20-22)19-17(23)15-9-12-13(18)7-6-8-14(12)21(15)4/h6-9H,5H2,1-4H3,(H,19,23). The van der Waals surface area contributed by atoms with Crippen molar-refractivity contribution in [1.82, 2.24) is 14.3 Å². The number of halogens is 1. The predicted molar refractivity (Wildman–Crippen MR) is 93.3 cm³/mol. The van der Waals surface area contributed by atoms with Gasteiger partial charge in [-0.25, -0.2) is 0 Å². The fraction of sp³-hybridized carbons (Fsp3) is 0.294. The summed E-state index contributed by atoms with van der Waals surface area (Å²) in [5.41, 5.74) is 4.04. The number of nitrogens with one attached hydrogen (secondary N) is 1. The zero-order valence-electron chi connectivity index (χ0n) is 13.6. The van der Waals surface area contributed by atoms with Crippen LogP contribution in [0.1, 0.15) is 28.8 Å². The molecule has 23 heavy (non-hydrogen) atoms. The van der Waals surface area contributed by atoms with Gasteiger partial charge in [0.05, 0.1) is 17.1 Å². The van der Waals surface area contributed by atoms with Crippen molar-refractivity contribution in [3.05, 3.63) is 46.4 Å². The maximum Gasteiger partial charge on any atom is 0.272 e. The van der Waals surface area contributed by atoms with E-state index >= 15 is 0 Å². The maximum atomic E-state index is 12.7. The smallest absolute Gasteiger partial charge is 0.272 e. The molecule has 1 amide bonds. The summed E-state index contributed by atoms with van der Waals surface area (Å²) in [6, 6.07) is 7.47. The van der Waals surface area contributed by atoms with Gasteiger partial charge in [0.15, 0.2) is 0 Å². The Balaban J connectivity index is 2.00. The second-order valence-electron chi connectivity index (χ2n) is 5.58. The summed E-state index contributed by atoms with van der Waals surface area (Å²) in [6.45, 7) is 6.65. The zero-order chi connectivity index (χ0) is 16.7. The number of rotatable bonds is 3. The first-order chi connectivity index (χ1) is 10.9. The van der Waals surface area contributed by atoms with Gasteiger partial charge < -0.3 is 9.88 Å². The third kappa shape index (κ3) is 2.51. The number of nitrogens with zero attached hydrogens (tertiary/aromatic N) is 3. The first kappa shape index (κ1) is 15.6. The SMILES string of the molecule is CCn1nc(C)c(NC(=O)c2cc3c(Cl)cccc3n2C)c1C. The minimum Gasteiger partial charge on any atom is -0.340 e. The number of aryl methyl sites for hydroxylation is 3. The van der Waals surface area contributed by atoms with Gasteiger partial charge in [0.25, 0.3) is 5.91 Å². The monoisotopic (exact) mass is 330 g/mol. The van der Waals surface area contributed by atoms with E-state index in [0.29, 0.717) is 10.7 Å². The zero-order valence-corrected chi connectivity index (χ0v) is 14.4. The number of hydrogen-bond acceptors (Lipinski definition) is 2. The van der Waals surface area contributed by atoms with Crippen LogP contribution in [0.5, 0.6) is 0 Å². The summed E-state index contributed by atoms with van der Waals surface area (Å²) in [5, 5.41) is 8.93. The van der Waals surface area contributed by atoms with Crippen molar-refractivity contribution in [1.29, 1.82) is 0 Å². The third-order valence-corrected chi connectivity index (χ3v) is 4.52. The Morgan fingerprint density at radius 3 is 2.70 bits per heavy atom. The fourth-order valence-corrected chi connectivity index (χ4v) is 3.13. The molecule has 0 radical (unpaired) electrons. The lowest BCUT2D eigenvalue weighted by Crippen LogP contribution is -2.16. The normalized spacial score (nSPS) is 11.2. The number of hydrogen-bond donors (Lipinski definition) is 1. The highest BCUT2D eigenvalue weighted by molar-refractivity contribution is 6.35. The van der Waals surface area contributed by atoms with Crippen LogP contribution >= 0.6 is 11.6 Å². The van der Waals surface area contributed by atoms with Crippen molar-refractivity contribution in [2.24, 2.45) is 7.05 Å². The average molecular weight is 331 g/mol. The Kier molecular flexibility index (Phi) is 3.90. The fourth-order valence-electron chi connectivity index (χ4n) is 2.91. The van der Waals surface area contributed by atoms with Crippen molar-refractivity contribution in [3.8, 4) is 0 Å². The number of benzene rings is 1. The summed E-state index contributed by atoms with van der Waals surface area (Å²) < 4.78 is 3.73. The Labute approximate surface area is 139 Å². The Bertz CT molecular complexity index is 907. The topological polar surface area (TPSA) is 51.9 Å². The Hall–Kier alpha value is -2.27. The lowest BCUT2D eigenvalue weighted by molar-refractivity contribution is 0.101. The molecule has 0 aliphatic rings. The van der Waals surface area contributed by atoms with Crippen molar-refractivity contribution in [2.75, 3.05) is 5.32 Å². The van der Waals surface area contributed by atoms with Crippen molar-refractivity contribution < 1.29 is 4.79 Å². The number of anilines is 1.